The molecule has 1 rings (SSSR count). The fraction of sp³-hybridized carbons (Fsp3) is 0.545. The lowest BCUT2D eigenvalue weighted by atomic mass is 10.2. The third kappa shape index (κ3) is 4.40. The van der Waals surface area contributed by atoms with E-state index in [1.165, 1.54) is 10.8 Å². The molecule has 7 heteroatoms. The van der Waals surface area contributed by atoms with Gasteiger partial charge in [0.25, 0.3) is 5.56 Å². The summed E-state index contributed by atoms with van der Waals surface area (Å²) in [5.74, 6) is 0. The Morgan fingerprint density at radius 1 is 1.39 bits per heavy atom. The molecule has 0 aromatic carbocycles. The predicted octanol–water partition coefficient (Wildman–Crippen LogP) is 0.870. The van der Waals surface area contributed by atoms with Crippen molar-refractivity contribution in [1.82, 2.24) is 14.3 Å². The van der Waals surface area contributed by atoms with Crippen LogP contribution in [0, 0.1) is 0 Å². The first-order valence-electron chi connectivity index (χ1n) is 5.88. The van der Waals surface area contributed by atoms with Crippen LogP contribution in [-0.4, -0.2) is 16.0 Å². The van der Waals surface area contributed by atoms with Gasteiger partial charge in [-0.2, -0.15) is 0 Å². The summed E-state index contributed by atoms with van der Waals surface area (Å²) in [6.45, 7) is 2.69. The molecular formula is C11H17N3O3S. The number of hydrogen-bond donors (Lipinski definition) is 2. The zero-order chi connectivity index (χ0) is 13.4. The van der Waals surface area contributed by atoms with Crippen molar-refractivity contribution in [2.75, 3.05) is 0 Å². The Hall–Kier alpha value is -1.50. The van der Waals surface area contributed by atoms with Gasteiger partial charge < -0.3 is 0 Å². The molecule has 0 aliphatic heterocycles. The lowest BCUT2D eigenvalue weighted by molar-refractivity contribution is -0.107. The van der Waals surface area contributed by atoms with Crippen molar-refractivity contribution in [2.24, 2.45) is 0 Å². The van der Waals surface area contributed by atoms with E-state index in [4.69, 9.17) is 0 Å². The van der Waals surface area contributed by atoms with E-state index < -0.39 is 11.2 Å². The fourth-order valence-electron chi connectivity index (χ4n) is 1.52. The molecule has 0 radical (unpaired) electrons. The molecule has 0 bridgehead atoms. The average Bonchev–Trinajstić information content (AvgIpc) is 2.35. The Labute approximate surface area is 109 Å². The molecule has 0 atom stereocenters. The molecule has 0 spiro atoms. The maximum absolute atomic E-state index is 11.5. The summed E-state index contributed by atoms with van der Waals surface area (Å²) >= 11 is 0.892. The Balaban J connectivity index is 2.74. The maximum atomic E-state index is 11.5. The number of aromatic nitrogens is 2. The second kappa shape index (κ2) is 7.75. The topological polar surface area (TPSA) is 84.0 Å². The number of aryl methyl sites for hydroxylation is 1. The highest BCUT2D eigenvalue weighted by Crippen LogP contribution is 2.06. The number of hydrogen-bond acceptors (Lipinski definition) is 4. The molecule has 6 nitrogen and oxygen atoms in total. The van der Waals surface area contributed by atoms with Crippen molar-refractivity contribution in [3.63, 3.8) is 0 Å². The predicted molar refractivity (Wildman–Crippen MR) is 70.5 cm³/mol. The molecule has 0 fully saturated rings. The SMILES string of the molecule is CCCCCCn1cc(SNC=O)c(=O)[nH]c1=O. The number of H-pyrrole nitrogens is 1. The summed E-state index contributed by atoms with van der Waals surface area (Å²) in [7, 11) is 0. The molecule has 1 heterocycles. The maximum Gasteiger partial charge on any atom is 0.328 e. The van der Waals surface area contributed by atoms with Gasteiger partial charge in [0, 0.05) is 12.7 Å². The van der Waals surface area contributed by atoms with E-state index in [9.17, 15) is 14.4 Å². The lowest BCUT2D eigenvalue weighted by Crippen LogP contribution is -2.30. The molecule has 100 valence electrons. The number of unbranched alkanes of at least 4 members (excludes halogenated alkanes) is 3. The van der Waals surface area contributed by atoms with E-state index in [0.717, 1.165) is 37.6 Å². The minimum Gasteiger partial charge on any atom is -0.299 e. The van der Waals surface area contributed by atoms with Crippen molar-refractivity contribution in [2.45, 2.75) is 44.0 Å². The molecule has 0 saturated heterocycles. The van der Waals surface area contributed by atoms with Crippen molar-refractivity contribution in [3.8, 4) is 0 Å². The Kier molecular flexibility index (Phi) is 6.27. The molecule has 0 saturated carbocycles. The summed E-state index contributed by atoms with van der Waals surface area (Å²) in [5, 5.41) is 0. The van der Waals surface area contributed by atoms with Crippen LogP contribution in [0.2, 0.25) is 0 Å². The number of carbonyl (C=O) groups is 1. The van der Waals surface area contributed by atoms with Crippen LogP contribution in [0.15, 0.2) is 20.7 Å². The Morgan fingerprint density at radius 3 is 2.83 bits per heavy atom. The molecule has 1 amide bonds. The average molecular weight is 271 g/mol. The summed E-state index contributed by atoms with van der Waals surface area (Å²) < 4.78 is 3.79. The van der Waals surface area contributed by atoms with Crippen molar-refractivity contribution >= 4 is 18.4 Å². The quantitative estimate of drug-likeness (QED) is 0.417. The number of aromatic amines is 1. The number of nitrogens with one attached hydrogen (secondary N) is 2. The molecule has 0 unspecified atom stereocenters. The van der Waals surface area contributed by atoms with Crippen LogP contribution in [-0.2, 0) is 11.3 Å². The summed E-state index contributed by atoms with van der Waals surface area (Å²) in [6, 6.07) is 0. The normalized spacial score (nSPS) is 10.3. The van der Waals surface area contributed by atoms with Gasteiger partial charge in [0.05, 0.1) is 0 Å². The molecule has 0 aliphatic carbocycles. The van der Waals surface area contributed by atoms with Gasteiger partial charge in [-0.25, -0.2) is 4.79 Å². The van der Waals surface area contributed by atoms with Gasteiger partial charge in [0.1, 0.15) is 4.90 Å². The van der Waals surface area contributed by atoms with E-state index in [2.05, 4.69) is 16.6 Å². The zero-order valence-corrected chi connectivity index (χ0v) is 11.1. The summed E-state index contributed by atoms with van der Waals surface area (Å²) in [6.07, 6.45) is 6.18. The molecule has 1 aromatic heterocycles. The molecular weight excluding hydrogens is 254 g/mol. The van der Waals surface area contributed by atoms with Gasteiger partial charge in [0.15, 0.2) is 0 Å². The first kappa shape index (κ1) is 14.6. The highest BCUT2D eigenvalue weighted by molar-refractivity contribution is 7.97. The molecule has 2 N–H and O–H groups in total. The second-order valence-electron chi connectivity index (χ2n) is 3.84. The molecule has 1 aromatic rings. The van der Waals surface area contributed by atoms with E-state index in [-0.39, 0.29) is 0 Å². The Morgan fingerprint density at radius 2 is 2.17 bits per heavy atom. The van der Waals surface area contributed by atoms with Crippen LogP contribution in [0.25, 0.3) is 0 Å². The van der Waals surface area contributed by atoms with Gasteiger partial charge in [-0.15, -0.1) is 0 Å². The zero-order valence-electron chi connectivity index (χ0n) is 10.3. The first-order chi connectivity index (χ1) is 8.69. The number of nitrogens with zero attached hydrogens (tertiary/aromatic N) is 1. The number of amides is 1. The van der Waals surface area contributed by atoms with E-state index >= 15 is 0 Å². The standard InChI is InChI=1S/C11H17N3O3S/c1-2-3-4-5-6-14-7-9(18-12-8-15)10(16)13-11(14)17/h7-8H,2-6H2,1H3,(H,12,15)(H,13,16,17). The highest BCUT2D eigenvalue weighted by Gasteiger charge is 2.05. The van der Waals surface area contributed by atoms with E-state index in [0.29, 0.717) is 17.9 Å². The van der Waals surface area contributed by atoms with Crippen LogP contribution < -0.4 is 16.0 Å². The minimum absolute atomic E-state index is 0.303. The number of carbonyl (C=O) groups excluding carboxylic acids is 1. The van der Waals surface area contributed by atoms with Crippen LogP contribution in [0.1, 0.15) is 32.6 Å². The van der Waals surface area contributed by atoms with Crippen LogP contribution in [0.4, 0.5) is 0 Å². The first-order valence-corrected chi connectivity index (χ1v) is 6.70. The van der Waals surface area contributed by atoms with E-state index in [1.54, 1.807) is 0 Å². The Bertz CT molecular complexity index is 495. The summed E-state index contributed by atoms with van der Waals surface area (Å²) in [5.41, 5.74) is -0.892. The van der Waals surface area contributed by atoms with Crippen molar-refractivity contribution in [1.29, 1.82) is 0 Å². The number of rotatable bonds is 8. The van der Waals surface area contributed by atoms with Crippen molar-refractivity contribution < 1.29 is 4.79 Å². The van der Waals surface area contributed by atoms with E-state index in [1.807, 2.05) is 0 Å². The monoisotopic (exact) mass is 271 g/mol. The van der Waals surface area contributed by atoms with Crippen LogP contribution in [0.3, 0.4) is 0 Å². The third-order valence-corrected chi connectivity index (χ3v) is 3.17. The lowest BCUT2D eigenvalue weighted by Gasteiger charge is -2.06. The minimum atomic E-state index is -0.482. The summed E-state index contributed by atoms with van der Waals surface area (Å²) in [4.78, 5) is 35.7. The van der Waals surface area contributed by atoms with Gasteiger partial charge in [-0.3, -0.25) is 23.9 Å². The van der Waals surface area contributed by atoms with Gasteiger partial charge in [-0.1, -0.05) is 26.2 Å². The van der Waals surface area contributed by atoms with Crippen molar-refractivity contribution in [3.05, 3.63) is 27.0 Å². The smallest absolute Gasteiger partial charge is 0.299 e. The highest BCUT2D eigenvalue weighted by atomic mass is 32.2. The molecule has 0 aliphatic rings. The van der Waals surface area contributed by atoms with Gasteiger partial charge in [-0.05, 0) is 18.4 Å². The van der Waals surface area contributed by atoms with Gasteiger partial charge in [0.2, 0.25) is 6.41 Å². The van der Waals surface area contributed by atoms with Crippen LogP contribution in [0.5, 0.6) is 0 Å². The van der Waals surface area contributed by atoms with Crippen LogP contribution >= 0.6 is 11.9 Å². The second-order valence-corrected chi connectivity index (χ2v) is 4.72. The largest absolute Gasteiger partial charge is 0.328 e. The fourth-order valence-corrected chi connectivity index (χ4v) is 2.02. The molecule has 18 heavy (non-hydrogen) atoms. The third-order valence-electron chi connectivity index (χ3n) is 2.45. The van der Waals surface area contributed by atoms with Gasteiger partial charge >= 0.3 is 5.69 Å².